The van der Waals surface area contributed by atoms with Crippen LogP contribution in [0.1, 0.15) is 57.8 Å². The first kappa shape index (κ1) is 20.9. The van der Waals surface area contributed by atoms with Crippen LogP contribution < -0.4 is 0 Å². The summed E-state index contributed by atoms with van der Waals surface area (Å²) in [6, 6.07) is 0. The van der Waals surface area contributed by atoms with E-state index >= 15 is 0 Å². The van der Waals surface area contributed by atoms with Crippen molar-refractivity contribution in [1.82, 2.24) is 0 Å². The Bertz CT molecular complexity index is 305. The van der Waals surface area contributed by atoms with Crippen molar-refractivity contribution in [2.75, 3.05) is 13.2 Å². The van der Waals surface area contributed by atoms with Gasteiger partial charge in [-0.1, -0.05) is 36.5 Å². The van der Waals surface area contributed by atoms with Crippen molar-refractivity contribution < 1.29 is 9.84 Å². The molecule has 0 aliphatic carbocycles. The molecule has 0 aromatic rings. The van der Waals surface area contributed by atoms with Crippen molar-refractivity contribution >= 4 is 0 Å². The molecule has 0 fully saturated rings. The smallest absolute Gasteiger partial charge is 0.0647 e. The highest BCUT2D eigenvalue weighted by molar-refractivity contribution is 4.84. The van der Waals surface area contributed by atoms with Crippen LogP contribution in [0.4, 0.5) is 0 Å². The lowest BCUT2D eigenvalue weighted by atomic mass is 10.1. The fourth-order valence-electron chi connectivity index (χ4n) is 1.99. The molecule has 22 heavy (non-hydrogen) atoms. The molecule has 2 nitrogen and oxygen atoms in total. The quantitative estimate of drug-likeness (QED) is 0.307. The largest absolute Gasteiger partial charge is 0.393 e. The minimum atomic E-state index is -0.255. The Morgan fingerprint density at radius 2 is 1.36 bits per heavy atom. The topological polar surface area (TPSA) is 29.5 Å². The number of hydrogen-bond donors (Lipinski definition) is 1. The standard InChI is InChI=1S/C20H34O2/c1-3-5-7-9-11-12-14-16-20(21)17-19-22-18-15-13-10-8-6-4-2/h3-4,11-13,15,20-21H,1-2,5-10,14,16-19H2/b12-11+,15-13+. The van der Waals surface area contributed by atoms with Gasteiger partial charge in [0, 0.05) is 6.61 Å². The summed E-state index contributed by atoms with van der Waals surface area (Å²) >= 11 is 0. The fraction of sp³-hybridized carbons (Fsp3) is 0.600. The van der Waals surface area contributed by atoms with E-state index in [-0.39, 0.29) is 6.10 Å². The average molecular weight is 306 g/mol. The first-order valence-electron chi connectivity index (χ1n) is 8.58. The molecule has 0 saturated carbocycles. The van der Waals surface area contributed by atoms with Gasteiger partial charge in [-0.25, -0.2) is 0 Å². The Morgan fingerprint density at radius 1 is 0.773 bits per heavy atom. The van der Waals surface area contributed by atoms with Crippen LogP contribution in [-0.2, 0) is 4.74 Å². The predicted octanol–water partition coefficient (Wildman–Crippen LogP) is 5.36. The van der Waals surface area contributed by atoms with E-state index in [1.54, 1.807) is 0 Å². The summed E-state index contributed by atoms with van der Waals surface area (Å²) < 4.78 is 5.49. The second-order valence-corrected chi connectivity index (χ2v) is 5.48. The molecule has 126 valence electrons. The van der Waals surface area contributed by atoms with Crippen LogP contribution in [0.3, 0.4) is 0 Å². The summed E-state index contributed by atoms with van der Waals surface area (Å²) in [6.45, 7) is 8.67. The van der Waals surface area contributed by atoms with Crippen LogP contribution >= 0.6 is 0 Å². The molecule has 1 atom stereocenters. The van der Waals surface area contributed by atoms with Gasteiger partial charge in [-0.2, -0.15) is 0 Å². The van der Waals surface area contributed by atoms with Gasteiger partial charge in [-0.15, -0.1) is 13.2 Å². The Kier molecular flexibility index (Phi) is 17.0. The monoisotopic (exact) mass is 306 g/mol. The summed E-state index contributed by atoms with van der Waals surface area (Å²) in [4.78, 5) is 0. The highest BCUT2D eigenvalue weighted by Gasteiger charge is 2.01. The first-order valence-corrected chi connectivity index (χ1v) is 8.58. The van der Waals surface area contributed by atoms with Crippen molar-refractivity contribution in [2.45, 2.75) is 63.9 Å². The van der Waals surface area contributed by atoms with Crippen LogP contribution in [-0.4, -0.2) is 24.4 Å². The van der Waals surface area contributed by atoms with Gasteiger partial charge in [0.15, 0.2) is 0 Å². The number of ether oxygens (including phenoxy) is 1. The van der Waals surface area contributed by atoms with Crippen molar-refractivity contribution in [2.24, 2.45) is 0 Å². The van der Waals surface area contributed by atoms with Crippen LogP contribution in [0.5, 0.6) is 0 Å². The summed E-state index contributed by atoms with van der Waals surface area (Å²) in [6.07, 6.45) is 21.3. The van der Waals surface area contributed by atoms with Gasteiger partial charge >= 0.3 is 0 Å². The zero-order valence-corrected chi connectivity index (χ0v) is 14.1. The molecule has 0 rings (SSSR count). The number of allylic oxidation sites excluding steroid dienone is 5. The van der Waals surface area contributed by atoms with Gasteiger partial charge in [0.1, 0.15) is 0 Å². The highest BCUT2D eigenvalue weighted by atomic mass is 16.5. The van der Waals surface area contributed by atoms with Crippen molar-refractivity contribution in [3.8, 4) is 0 Å². The van der Waals surface area contributed by atoms with Gasteiger partial charge in [-0.3, -0.25) is 0 Å². The molecule has 0 saturated heterocycles. The predicted molar refractivity (Wildman–Crippen MR) is 97.1 cm³/mol. The maximum absolute atomic E-state index is 9.84. The Labute approximate surface area is 137 Å². The maximum atomic E-state index is 9.84. The number of rotatable bonds is 16. The lowest BCUT2D eigenvalue weighted by molar-refractivity contribution is 0.0912. The molecule has 0 spiro atoms. The number of aliphatic hydroxyl groups is 1. The van der Waals surface area contributed by atoms with Crippen molar-refractivity contribution in [1.29, 1.82) is 0 Å². The maximum Gasteiger partial charge on any atom is 0.0647 e. The molecule has 0 aromatic carbocycles. The molecule has 0 aromatic heterocycles. The molecular weight excluding hydrogens is 272 g/mol. The Balaban J connectivity index is 3.33. The zero-order chi connectivity index (χ0) is 16.3. The second-order valence-electron chi connectivity index (χ2n) is 5.48. The molecule has 0 aliphatic heterocycles. The Hall–Kier alpha value is -1.12. The SMILES string of the molecule is C=CCCC/C=C/CCC(O)CCOC/C=C/CCCC=C. The van der Waals surface area contributed by atoms with Crippen LogP contribution in [0.15, 0.2) is 49.6 Å². The van der Waals surface area contributed by atoms with Crippen LogP contribution in [0.25, 0.3) is 0 Å². The minimum Gasteiger partial charge on any atom is -0.393 e. The molecule has 0 radical (unpaired) electrons. The lowest BCUT2D eigenvalue weighted by Crippen LogP contribution is -2.10. The summed E-state index contributed by atoms with van der Waals surface area (Å²) in [7, 11) is 0. The minimum absolute atomic E-state index is 0.255. The van der Waals surface area contributed by atoms with Crippen molar-refractivity contribution in [3.05, 3.63) is 49.6 Å². The molecule has 1 N–H and O–H groups in total. The van der Waals surface area contributed by atoms with Gasteiger partial charge < -0.3 is 9.84 Å². The number of unbranched alkanes of at least 4 members (excludes halogenated alkanes) is 4. The number of hydrogen-bond acceptors (Lipinski definition) is 2. The molecule has 0 bridgehead atoms. The third kappa shape index (κ3) is 16.9. The van der Waals surface area contributed by atoms with E-state index in [9.17, 15) is 5.11 Å². The van der Waals surface area contributed by atoms with E-state index in [1.807, 2.05) is 12.2 Å². The van der Waals surface area contributed by atoms with E-state index in [4.69, 9.17) is 4.74 Å². The van der Waals surface area contributed by atoms with E-state index in [0.29, 0.717) is 19.6 Å². The molecule has 0 amide bonds. The third-order valence-electron chi connectivity index (χ3n) is 3.37. The summed E-state index contributed by atoms with van der Waals surface area (Å²) in [5, 5.41) is 9.84. The normalized spacial score (nSPS) is 13.0. The van der Waals surface area contributed by atoms with Gasteiger partial charge in [0.05, 0.1) is 12.7 Å². The van der Waals surface area contributed by atoms with E-state index in [0.717, 1.165) is 51.4 Å². The summed E-state index contributed by atoms with van der Waals surface area (Å²) in [5.41, 5.74) is 0. The third-order valence-corrected chi connectivity index (χ3v) is 3.37. The fourth-order valence-corrected chi connectivity index (χ4v) is 1.99. The lowest BCUT2D eigenvalue weighted by Gasteiger charge is -2.08. The first-order chi connectivity index (χ1) is 10.8. The Morgan fingerprint density at radius 3 is 2.00 bits per heavy atom. The van der Waals surface area contributed by atoms with Gasteiger partial charge in [0.25, 0.3) is 0 Å². The van der Waals surface area contributed by atoms with E-state index in [2.05, 4.69) is 37.5 Å². The van der Waals surface area contributed by atoms with E-state index < -0.39 is 0 Å². The second kappa shape index (κ2) is 17.9. The summed E-state index contributed by atoms with van der Waals surface area (Å²) in [5.74, 6) is 0. The van der Waals surface area contributed by atoms with Gasteiger partial charge in [-0.05, 0) is 57.8 Å². The van der Waals surface area contributed by atoms with Gasteiger partial charge in [0.2, 0.25) is 0 Å². The van der Waals surface area contributed by atoms with E-state index in [1.165, 1.54) is 0 Å². The molecule has 0 aliphatic rings. The molecule has 0 heterocycles. The highest BCUT2D eigenvalue weighted by Crippen LogP contribution is 2.05. The average Bonchev–Trinajstić information content (AvgIpc) is 2.52. The van der Waals surface area contributed by atoms with Crippen molar-refractivity contribution in [3.63, 3.8) is 0 Å². The van der Waals surface area contributed by atoms with Crippen LogP contribution in [0.2, 0.25) is 0 Å². The molecular formula is C20H34O2. The molecule has 1 unspecified atom stereocenters. The zero-order valence-electron chi connectivity index (χ0n) is 14.1. The molecule has 2 heteroatoms. The van der Waals surface area contributed by atoms with Crippen LogP contribution in [0, 0.1) is 0 Å². The number of aliphatic hydroxyl groups excluding tert-OH is 1.